The second-order valence-corrected chi connectivity index (χ2v) is 7.31. The van der Waals surface area contributed by atoms with Gasteiger partial charge in [-0.25, -0.2) is 9.97 Å². The Hall–Kier alpha value is -3.60. The van der Waals surface area contributed by atoms with E-state index in [1.807, 2.05) is 18.2 Å². The number of ether oxygens (including phenoxy) is 3. The first-order valence-corrected chi connectivity index (χ1v) is 10.3. The molecule has 1 saturated heterocycles. The second-order valence-electron chi connectivity index (χ2n) is 7.31. The molecule has 1 N–H and O–H groups in total. The van der Waals surface area contributed by atoms with Crippen LogP contribution in [0.2, 0.25) is 0 Å². The van der Waals surface area contributed by atoms with Gasteiger partial charge >= 0.3 is 6.43 Å². The van der Waals surface area contributed by atoms with Crippen molar-refractivity contribution in [3.63, 3.8) is 0 Å². The highest BCUT2D eigenvalue weighted by molar-refractivity contribution is 5.88. The summed E-state index contributed by atoms with van der Waals surface area (Å²) in [5.74, 6) is 0.432. The van der Waals surface area contributed by atoms with Gasteiger partial charge in [-0.15, -0.1) is 0 Å². The number of morpholine rings is 1. The van der Waals surface area contributed by atoms with Gasteiger partial charge in [0.15, 0.2) is 17.3 Å². The van der Waals surface area contributed by atoms with E-state index < -0.39 is 18.4 Å². The summed E-state index contributed by atoms with van der Waals surface area (Å²) in [4.78, 5) is 26.2. The molecule has 0 bridgehead atoms. The lowest BCUT2D eigenvalue weighted by Gasteiger charge is -2.32. The summed E-state index contributed by atoms with van der Waals surface area (Å²) in [6.07, 6.45) is -0.357. The van der Waals surface area contributed by atoms with Crippen LogP contribution in [-0.4, -0.2) is 78.7 Å². The van der Waals surface area contributed by atoms with E-state index in [0.717, 1.165) is 10.5 Å². The van der Waals surface area contributed by atoms with Gasteiger partial charge in [0.25, 0.3) is 5.91 Å². The summed E-state index contributed by atoms with van der Waals surface area (Å²) in [5, 5.41) is 3.19. The number of aromatic nitrogens is 3. The average Bonchev–Trinajstić information content (AvgIpc) is 2.86. The Bertz CT molecular complexity index is 1150. The van der Waals surface area contributed by atoms with Crippen LogP contribution in [-0.2, 0) is 9.53 Å². The maximum atomic E-state index is 12.8. The van der Waals surface area contributed by atoms with Crippen LogP contribution in [0.25, 0.3) is 22.3 Å². The number of hydrogen-bond donors (Lipinski definition) is 1. The Morgan fingerprint density at radius 2 is 2.00 bits per heavy atom. The minimum Gasteiger partial charge on any atom is -0.493 e. The van der Waals surface area contributed by atoms with E-state index in [1.54, 1.807) is 32.7 Å². The molecule has 1 aliphatic heterocycles. The van der Waals surface area contributed by atoms with E-state index in [1.165, 1.54) is 0 Å². The van der Waals surface area contributed by atoms with Gasteiger partial charge in [0.1, 0.15) is 5.52 Å². The molecule has 4 rings (SSSR count). The number of alkyl halides is 2. The fraction of sp³-hybridized carbons (Fsp3) is 0.364. The first-order chi connectivity index (χ1) is 16.0. The number of carbonyl (C=O) groups excluding carboxylic acids is 1. The van der Waals surface area contributed by atoms with Crippen molar-refractivity contribution in [2.45, 2.75) is 12.5 Å². The van der Waals surface area contributed by atoms with Crippen LogP contribution >= 0.6 is 0 Å². The van der Waals surface area contributed by atoms with E-state index in [0.29, 0.717) is 34.0 Å². The van der Waals surface area contributed by atoms with Crippen LogP contribution in [0, 0.1) is 0 Å². The number of carbonyl (C=O) groups is 1. The molecule has 0 aliphatic carbocycles. The molecular formula is C22H23F2N5O4. The van der Waals surface area contributed by atoms with Gasteiger partial charge < -0.3 is 24.4 Å². The van der Waals surface area contributed by atoms with Gasteiger partial charge in [-0.2, -0.15) is 8.78 Å². The minimum atomic E-state index is -3.03. The molecule has 1 fully saturated rings. The maximum absolute atomic E-state index is 12.8. The summed E-state index contributed by atoms with van der Waals surface area (Å²) >= 11 is 0. The minimum absolute atomic E-state index is 0.0646. The maximum Gasteiger partial charge on any atom is 0.315 e. The van der Waals surface area contributed by atoms with Crippen molar-refractivity contribution in [3.05, 3.63) is 36.7 Å². The number of benzene rings is 1. The van der Waals surface area contributed by atoms with Crippen molar-refractivity contribution in [2.24, 2.45) is 0 Å². The Balaban J connectivity index is 1.59. The zero-order valence-corrected chi connectivity index (χ0v) is 18.1. The monoisotopic (exact) mass is 459 g/mol. The van der Waals surface area contributed by atoms with E-state index in [2.05, 4.69) is 15.3 Å². The summed E-state index contributed by atoms with van der Waals surface area (Å²) in [6.45, 7) is 0.641. The van der Waals surface area contributed by atoms with Crippen LogP contribution in [0.4, 0.5) is 14.6 Å². The molecule has 33 heavy (non-hydrogen) atoms. The number of fused-ring (bicyclic) bond motifs is 1. The zero-order chi connectivity index (χ0) is 23.4. The van der Waals surface area contributed by atoms with Gasteiger partial charge in [-0.3, -0.25) is 9.78 Å². The highest BCUT2D eigenvalue weighted by Crippen LogP contribution is 2.33. The molecule has 174 valence electrons. The SMILES string of the molecule is COc1ccc(-c2cc3nccnc3c(NCC3CN(C(=O)C(F)F)CCO3)n2)cc1OC. The third kappa shape index (κ3) is 4.92. The Morgan fingerprint density at radius 1 is 1.21 bits per heavy atom. The Labute approximate surface area is 188 Å². The van der Waals surface area contributed by atoms with Gasteiger partial charge in [0.2, 0.25) is 0 Å². The Morgan fingerprint density at radius 3 is 2.76 bits per heavy atom. The molecule has 1 aliphatic rings. The molecule has 9 nitrogen and oxygen atoms in total. The topological polar surface area (TPSA) is 98.7 Å². The fourth-order valence-electron chi connectivity index (χ4n) is 3.63. The zero-order valence-electron chi connectivity index (χ0n) is 18.1. The summed E-state index contributed by atoms with van der Waals surface area (Å²) < 4.78 is 41.9. The Kier molecular flexibility index (Phi) is 6.78. The van der Waals surface area contributed by atoms with Crippen LogP contribution in [0.1, 0.15) is 0 Å². The van der Waals surface area contributed by atoms with Crippen LogP contribution in [0.3, 0.4) is 0 Å². The molecule has 1 atom stereocenters. The molecule has 0 spiro atoms. The van der Waals surface area contributed by atoms with E-state index >= 15 is 0 Å². The molecule has 0 saturated carbocycles. The molecule has 1 aromatic carbocycles. The molecule has 1 amide bonds. The number of nitrogens with zero attached hydrogens (tertiary/aromatic N) is 4. The van der Waals surface area contributed by atoms with Gasteiger partial charge in [0, 0.05) is 37.6 Å². The number of pyridine rings is 1. The number of halogens is 2. The van der Waals surface area contributed by atoms with Crippen molar-refractivity contribution < 1.29 is 27.8 Å². The highest BCUT2D eigenvalue weighted by atomic mass is 19.3. The summed E-state index contributed by atoms with van der Waals surface area (Å²) in [5.41, 5.74) is 2.59. The first kappa shape index (κ1) is 22.6. The first-order valence-electron chi connectivity index (χ1n) is 10.3. The summed E-state index contributed by atoms with van der Waals surface area (Å²) in [6, 6.07) is 7.27. The number of amides is 1. The molecule has 2 aromatic heterocycles. The average molecular weight is 459 g/mol. The molecule has 1 unspecified atom stereocenters. The largest absolute Gasteiger partial charge is 0.493 e. The van der Waals surface area contributed by atoms with Crippen LogP contribution in [0.15, 0.2) is 36.7 Å². The number of methoxy groups -OCH3 is 2. The van der Waals surface area contributed by atoms with Crippen molar-refractivity contribution in [2.75, 3.05) is 45.8 Å². The second kappa shape index (κ2) is 9.90. The molecule has 0 radical (unpaired) electrons. The molecule has 11 heteroatoms. The van der Waals surface area contributed by atoms with E-state index in [-0.39, 0.29) is 26.2 Å². The third-order valence-corrected chi connectivity index (χ3v) is 5.27. The van der Waals surface area contributed by atoms with Crippen molar-refractivity contribution in [1.29, 1.82) is 0 Å². The van der Waals surface area contributed by atoms with Gasteiger partial charge in [0.05, 0.1) is 38.1 Å². The lowest BCUT2D eigenvalue weighted by Crippen LogP contribution is -2.49. The van der Waals surface area contributed by atoms with E-state index in [4.69, 9.17) is 19.2 Å². The number of anilines is 1. The predicted molar refractivity (Wildman–Crippen MR) is 117 cm³/mol. The van der Waals surface area contributed by atoms with Crippen molar-refractivity contribution in [1.82, 2.24) is 19.9 Å². The lowest BCUT2D eigenvalue weighted by molar-refractivity contribution is -0.149. The van der Waals surface area contributed by atoms with Gasteiger partial charge in [-0.05, 0) is 24.3 Å². The fourth-order valence-corrected chi connectivity index (χ4v) is 3.63. The van der Waals surface area contributed by atoms with Crippen LogP contribution in [0.5, 0.6) is 11.5 Å². The third-order valence-electron chi connectivity index (χ3n) is 5.27. The number of hydrogen-bond acceptors (Lipinski definition) is 8. The normalized spacial score (nSPS) is 16.2. The highest BCUT2D eigenvalue weighted by Gasteiger charge is 2.29. The standard InChI is InChI=1S/C22H23F2N5O4/c1-31-17-4-3-13(9-18(17)32-2)15-10-16-19(26-6-5-25-16)21(28-15)27-11-14-12-29(7-8-33-14)22(30)20(23)24/h3-6,9-10,14,20H,7-8,11-12H2,1-2H3,(H,27,28). The lowest BCUT2D eigenvalue weighted by atomic mass is 10.1. The predicted octanol–water partition coefficient (Wildman–Crippen LogP) is 2.61. The van der Waals surface area contributed by atoms with E-state index in [9.17, 15) is 13.6 Å². The summed E-state index contributed by atoms with van der Waals surface area (Å²) in [7, 11) is 3.12. The van der Waals surface area contributed by atoms with Crippen molar-refractivity contribution in [3.8, 4) is 22.8 Å². The van der Waals surface area contributed by atoms with Crippen molar-refractivity contribution >= 4 is 22.8 Å². The van der Waals surface area contributed by atoms with Crippen LogP contribution < -0.4 is 14.8 Å². The smallest absolute Gasteiger partial charge is 0.315 e. The molecule has 3 heterocycles. The number of rotatable bonds is 7. The quantitative estimate of drug-likeness (QED) is 0.576. The molecular weight excluding hydrogens is 436 g/mol. The van der Waals surface area contributed by atoms with Gasteiger partial charge in [-0.1, -0.05) is 0 Å². The molecule has 3 aromatic rings. The number of nitrogens with one attached hydrogen (secondary N) is 1.